The molecule has 1 amide bonds. The number of carbonyl (C=O) groups is 1. The number of rotatable bonds is 3. The Morgan fingerprint density at radius 1 is 1.14 bits per heavy atom. The Hall–Kier alpha value is -1.40. The number of amides is 1. The molecular formula is C16H24N2O3S. The van der Waals surface area contributed by atoms with Gasteiger partial charge in [0.25, 0.3) is 0 Å². The lowest BCUT2D eigenvalue weighted by atomic mass is 9.90. The van der Waals surface area contributed by atoms with Gasteiger partial charge in [0, 0.05) is 14.1 Å². The number of hydrogen-bond acceptors (Lipinski definition) is 3. The lowest BCUT2D eigenvalue weighted by Crippen LogP contribution is -2.31. The molecule has 1 unspecified atom stereocenters. The summed E-state index contributed by atoms with van der Waals surface area (Å²) in [6.45, 7) is 7.78. The van der Waals surface area contributed by atoms with E-state index in [1.54, 1.807) is 38.4 Å². The van der Waals surface area contributed by atoms with Crippen LogP contribution < -0.4 is 0 Å². The van der Waals surface area contributed by atoms with Crippen LogP contribution in [0.1, 0.15) is 26.3 Å². The van der Waals surface area contributed by atoms with Crippen molar-refractivity contribution in [2.24, 2.45) is 5.41 Å². The van der Waals surface area contributed by atoms with E-state index in [2.05, 4.69) is 0 Å². The van der Waals surface area contributed by atoms with Gasteiger partial charge in [-0.1, -0.05) is 38.5 Å². The Labute approximate surface area is 133 Å². The summed E-state index contributed by atoms with van der Waals surface area (Å²) >= 11 is 0. The minimum atomic E-state index is -3.66. The summed E-state index contributed by atoms with van der Waals surface area (Å²) in [5.41, 5.74) is 0.701. The van der Waals surface area contributed by atoms with Crippen molar-refractivity contribution in [2.75, 3.05) is 14.1 Å². The summed E-state index contributed by atoms with van der Waals surface area (Å²) in [5, 5.41) is 0. The fourth-order valence-electron chi connectivity index (χ4n) is 2.71. The monoisotopic (exact) mass is 324 g/mol. The molecule has 6 heteroatoms. The second-order valence-electron chi connectivity index (χ2n) is 7.14. The van der Waals surface area contributed by atoms with Crippen molar-refractivity contribution in [1.82, 2.24) is 9.21 Å². The first-order valence-electron chi connectivity index (χ1n) is 7.29. The lowest BCUT2D eigenvalue weighted by Gasteiger charge is -2.18. The largest absolute Gasteiger partial charge is 0.347 e. The van der Waals surface area contributed by atoms with Gasteiger partial charge >= 0.3 is 0 Å². The van der Waals surface area contributed by atoms with E-state index in [9.17, 15) is 13.2 Å². The molecule has 122 valence electrons. The fourth-order valence-corrected chi connectivity index (χ4v) is 4.61. The molecule has 1 aromatic carbocycles. The number of nitrogens with zero attached hydrogens (tertiary/aromatic N) is 2. The molecule has 1 heterocycles. The zero-order chi connectivity index (χ0) is 16.9. The predicted molar refractivity (Wildman–Crippen MR) is 85.9 cm³/mol. The van der Waals surface area contributed by atoms with Gasteiger partial charge in [-0.15, -0.1) is 0 Å². The second-order valence-corrected chi connectivity index (χ2v) is 8.98. The highest BCUT2D eigenvalue weighted by molar-refractivity contribution is 7.89. The number of sulfonamides is 1. The van der Waals surface area contributed by atoms with Gasteiger partial charge in [0.1, 0.15) is 6.04 Å². The first kappa shape index (κ1) is 17.0. The van der Waals surface area contributed by atoms with Gasteiger partial charge < -0.3 is 4.90 Å². The molecule has 0 N–H and O–H groups in total. The molecule has 1 aliphatic rings. The van der Waals surface area contributed by atoms with Crippen molar-refractivity contribution in [3.8, 4) is 0 Å². The molecule has 22 heavy (non-hydrogen) atoms. The number of aryl methyl sites for hydroxylation is 1. The molecule has 2 rings (SSSR count). The van der Waals surface area contributed by atoms with Crippen LogP contribution in [0.5, 0.6) is 0 Å². The van der Waals surface area contributed by atoms with Crippen molar-refractivity contribution >= 4 is 15.9 Å². The first-order valence-corrected chi connectivity index (χ1v) is 8.73. The van der Waals surface area contributed by atoms with Gasteiger partial charge in [0.15, 0.2) is 0 Å². The molecule has 5 nitrogen and oxygen atoms in total. The van der Waals surface area contributed by atoms with E-state index in [-0.39, 0.29) is 22.3 Å². The van der Waals surface area contributed by atoms with E-state index >= 15 is 0 Å². The number of carbonyl (C=O) groups excluding carboxylic acids is 1. The average Bonchev–Trinajstić information content (AvgIpc) is 3.14. The highest BCUT2D eigenvalue weighted by Gasteiger charge is 2.64. The molecular weight excluding hydrogens is 300 g/mol. The zero-order valence-corrected chi connectivity index (χ0v) is 14.8. The van der Waals surface area contributed by atoms with Crippen molar-refractivity contribution in [3.63, 3.8) is 0 Å². The van der Waals surface area contributed by atoms with E-state index in [0.29, 0.717) is 0 Å². The van der Waals surface area contributed by atoms with Gasteiger partial charge in [0.2, 0.25) is 15.9 Å². The average molecular weight is 324 g/mol. The van der Waals surface area contributed by atoms with Crippen LogP contribution in [0, 0.1) is 12.3 Å². The molecule has 0 saturated carbocycles. The Kier molecular flexibility index (Phi) is 4.13. The quantitative estimate of drug-likeness (QED) is 0.798. The normalized spacial score (nSPS) is 24.9. The van der Waals surface area contributed by atoms with Crippen molar-refractivity contribution in [2.45, 2.75) is 44.7 Å². The number of benzene rings is 1. The highest BCUT2D eigenvalue weighted by atomic mass is 32.2. The summed E-state index contributed by atoms with van der Waals surface area (Å²) in [7, 11) is -0.357. The third kappa shape index (κ3) is 2.90. The Morgan fingerprint density at radius 2 is 1.64 bits per heavy atom. The van der Waals surface area contributed by atoms with Crippen molar-refractivity contribution in [3.05, 3.63) is 29.8 Å². The molecule has 0 aromatic heterocycles. The van der Waals surface area contributed by atoms with E-state index < -0.39 is 16.1 Å². The van der Waals surface area contributed by atoms with E-state index in [4.69, 9.17) is 0 Å². The predicted octanol–water partition coefficient (Wildman–Crippen LogP) is 1.87. The van der Waals surface area contributed by atoms with Crippen LogP contribution in [0.15, 0.2) is 29.2 Å². The number of hydrogen-bond donors (Lipinski definition) is 0. The third-order valence-electron chi connectivity index (χ3n) is 3.94. The summed E-state index contributed by atoms with van der Waals surface area (Å²) in [6.07, 6.45) is 0. The van der Waals surface area contributed by atoms with Crippen LogP contribution in [-0.4, -0.2) is 49.7 Å². The smallest absolute Gasteiger partial charge is 0.244 e. The van der Waals surface area contributed by atoms with Crippen LogP contribution in [0.3, 0.4) is 0 Å². The topological polar surface area (TPSA) is 57.5 Å². The second kappa shape index (κ2) is 5.35. The molecule has 1 fully saturated rings. The van der Waals surface area contributed by atoms with Crippen LogP contribution in [-0.2, 0) is 14.8 Å². The molecule has 0 radical (unpaired) electrons. The van der Waals surface area contributed by atoms with Crippen molar-refractivity contribution in [1.29, 1.82) is 0 Å². The van der Waals surface area contributed by atoms with E-state index in [1.807, 2.05) is 27.7 Å². The maximum Gasteiger partial charge on any atom is 0.244 e. The van der Waals surface area contributed by atoms with Crippen LogP contribution in [0.25, 0.3) is 0 Å². The first-order chi connectivity index (χ1) is 9.98. The molecule has 0 spiro atoms. The van der Waals surface area contributed by atoms with E-state index in [1.165, 1.54) is 9.21 Å². The maximum absolute atomic E-state index is 12.9. The third-order valence-corrected chi connectivity index (χ3v) is 5.81. The minimum absolute atomic E-state index is 0.171. The standard InChI is InChI=1S/C16H24N2O3S/c1-11-7-9-12(10-8-11)22(20,21)18-13(15(19)17(5)6)14(18)16(2,3)4/h7-10,13-14H,1-6H3/t13-,14-,18?/m1/s1. The van der Waals surface area contributed by atoms with Gasteiger partial charge in [-0.05, 0) is 24.5 Å². The van der Waals surface area contributed by atoms with Crippen molar-refractivity contribution < 1.29 is 13.2 Å². The molecule has 0 aliphatic carbocycles. The molecule has 1 aliphatic heterocycles. The SMILES string of the molecule is Cc1ccc(S(=O)(=O)N2[C@@H](C(=O)N(C)C)[C@@H]2C(C)(C)C)cc1. The lowest BCUT2D eigenvalue weighted by molar-refractivity contribution is -0.128. The molecule has 1 saturated heterocycles. The Morgan fingerprint density at radius 3 is 2.05 bits per heavy atom. The van der Waals surface area contributed by atoms with Crippen LogP contribution in [0.2, 0.25) is 0 Å². The molecule has 1 aromatic rings. The van der Waals surface area contributed by atoms with Crippen LogP contribution in [0.4, 0.5) is 0 Å². The zero-order valence-electron chi connectivity index (χ0n) is 14.0. The summed E-state index contributed by atoms with van der Waals surface area (Å²) in [4.78, 5) is 14.0. The minimum Gasteiger partial charge on any atom is -0.347 e. The van der Waals surface area contributed by atoms with E-state index in [0.717, 1.165) is 5.56 Å². The van der Waals surface area contributed by atoms with Gasteiger partial charge in [-0.3, -0.25) is 4.79 Å². The Bertz CT molecular complexity index is 672. The summed E-state index contributed by atoms with van der Waals surface area (Å²) in [5.74, 6) is -0.171. The molecule has 3 atom stereocenters. The van der Waals surface area contributed by atoms with Crippen LogP contribution >= 0.6 is 0 Å². The van der Waals surface area contributed by atoms with Gasteiger partial charge in [-0.25, -0.2) is 8.42 Å². The summed E-state index contributed by atoms with van der Waals surface area (Å²) in [6, 6.07) is 5.81. The maximum atomic E-state index is 12.9. The molecule has 0 bridgehead atoms. The van der Waals surface area contributed by atoms with Gasteiger partial charge in [-0.2, -0.15) is 4.31 Å². The fraction of sp³-hybridized carbons (Fsp3) is 0.562. The summed E-state index contributed by atoms with van der Waals surface area (Å²) < 4.78 is 27.1. The highest BCUT2D eigenvalue weighted by Crippen LogP contribution is 2.46. The van der Waals surface area contributed by atoms with Gasteiger partial charge in [0.05, 0.1) is 10.9 Å². The Balaban J connectivity index is 2.41. The number of likely N-dealkylation sites (N-methyl/N-ethyl adjacent to an activating group) is 1.